The van der Waals surface area contributed by atoms with E-state index in [0.29, 0.717) is 13.2 Å². The lowest BCUT2D eigenvalue weighted by Gasteiger charge is -2.35. The van der Waals surface area contributed by atoms with Gasteiger partial charge in [-0.15, -0.1) is 0 Å². The zero-order valence-electron chi connectivity index (χ0n) is 8.19. The topological polar surface area (TPSA) is 49.8 Å². The van der Waals surface area contributed by atoms with Gasteiger partial charge in [0.15, 0.2) is 0 Å². The summed E-state index contributed by atoms with van der Waals surface area (Å²) in [5.74, 6) is 0.165. The predicted octanol–water partition coefficient (Wildman–Crippen LogP) is -0.343. The summed E-state index contributed by atoms with van der Waals surface area (Å²) in [5.41, 5.74) is 0. The van der Waals surface area contributed by atoms with Crippen LogP contribution in [0.3, 0.4) is 0 Å². The number of morpholine rings is 1. The van der Waals surface area contributed by atoms with Crippen LogP contribution in [0, 0.1) is 0 Å². The molecule has 0 amide bonds. The van der Waals surface area contributed by atoms with Gasteiger partial charge in [-0.05, 0) is 13.8 Å². The fourth-order valence-corrected chi connectivity index (χ4v) is 1.46. The number of carbonyl (C=O) groups is 1. The molecule has 0 radical (unpaired) electrons. The summed E-state index contributed by atoms with van der Waals surface area (Å²) in [5, 5.41) is 8.89. The molecule has 0 aliphatic carbocycles. The second-order valence-electron chi connectivity index (χ2n) is 3.46. The van der Waals surface area contributed by atoms with E-state index in [-0.39, 0.29) is 24.5 Å². The fraction of sp³-hybridized carbons (Fsp3) is 0.889. The van der Waals surface area contributed by atoms with Crippen molar-refractivity contribution in [3.63, 3.8) is 0 Å². The van der Waals surface area contributed by atoms with Gasteiger partial charge >= 0.3 is 0 Å². The fourth-order valence-electron chi connectivity index (χ4n) is 1.46. The van der Waals surface area contributed by atoms with Gasteiger partial charge in [-0.3, -0.25) is 9.69 Å². The quantitative estimate of drug-likeness (QED) is 0.656. The number of rotatable bonds is 3. The molecule has 13 heavy (non-hydrogen) atoms. The van der Waals surface area contributed by atoms with Gasteiger partial charge in [-0.2, -0.15) is 0 Å². The molecule has 2 unspecified atom stereocenters. The number of ketones is 1. The van der Waals surface area contributed by atoms with Crippen LogP contribution in [0.4, 0.5) is 0 Å². The molecular weight excluding hydrogens is 170 g/mol. The molecule has 4 nitrogen and oxygen atoms in total. The Labute approximate surface area is 78.5 Å². The first-order valence-electron chi connectivity index (χ1n) is 4.62. The lowest BCUT2D eigenvalue weighted by molar-refractivity contribution is -0.125. The van der Waals surface area contributed by atoms with E-state index in [1.165, 1.54) is 0 Å². The van der Waals surface area contributed by atoms with E-state index in [1.54, 1.807) is 6.92 Å². The second-order valence-corrected chi connectivity index (χ2v) is 3.46. The highest BCUT2D eigenvalue weighted by Crippen LogP contribution is 2.08. The van der Waals surface area contributed by atoms with Gasteiger partial charge in [0.05, 0.1) is 25.4 Å². The predicted molar refractivity (Wildman–Crippen MR) is 48.5 cm³/mol. The summed E-state index contributed by atoms with van der Waals surface area (Å²) in [6, 6.07) is -0.0575. The lowest BCUT2D eigenvalue weighted by Crippen LogP contribution is -2.49. The van der Waals surface area contributed by atoms with Gasteiger partial charge in [0.25, 0.3) is 0 Å². The number of aliphatic hydroxyl groups is 1. The summed E-state index contributed by atoms with van der Waals surface area (Å²) in [6.45, 7) is 5.54. The summed E-state index contributed by atoms with van der Waals surface area (Å²) in [6.07, 6.45) is -0.129. The Balaban J connectivity index is 2.46. The van der Waals surface area contributed by atoms with Crippen molar-refractivity contribution < 1.29 is 14.6 Å². The van der Waals surface area contributed by atoms with Crippen molar-refractivity contribution in [3.05, 3.63) is 0 Å². The third kappa shape index (κ3) is 2.76. The average molecular weight is 187 g/mol. The number of aliphatic hydroxyl groups excluding tert-OH is 1. The van der Waals surface area contributed by atoms with Crippen LogP contribution in [0.15, 0.2) is 0 Å². The van der Waals surface area contributed by atoms with Crippen molar-refractivity contribution in [3.8, 4) is 0 Å². The Hall–Kier alpha value is -0.450. The highest BCUT2D eigenvalue weighted by molar-refractivity contribution is 5.80. The van der Waals surface area contributed by atoms with Crippen molar-refractivity contribution in [2.24, 2.45) is 0 Å². The summed E-state index contributed by atoms with van der Waals surface area (Å²) in [7, 11) is 0. The minimum atomic E-state index is -0.129. The minimum Gasteiger partial charge on any atom is -0.394 e. The van der Waals surface area contributed by atoms with Gasteiger partial charge < -0.3 is 9.84 Å². The zero-order chi connectivity index (χ0) is 9.84. The van der Waals surface area contributed by atoms with Crippen molar-refractivity contribution in [2.75, 3.05) is 26.3 Å². The molecule has 1 heterocycles. The molecule has 0 aromatic heterocycles. The highest BCUT2D eigenvalue weighted by Gasteiger charge is 2.25. The SMILES string of the molecule is CC(=O)C(C)N1CCOC(CO)C1. The largest absolute Gasteiger partial charge is 0.394 e. The van der Waals surface area contributed by atoms with E-state index < -0.39 is 0 Å². The maximum absolute atomic E-state index is 11.1. The summed E-state index contributed by atoms with van der Waals surface area (Å²) < 4.78 is 5.28. The third-order valence-electron chi connectivity index (χ3n) is 2.51. The van der Waals surface area contributed by atoms with Gasteiger partial charge in [0.2, 0.25) is 0 Å². The van der Waals surface area contributed by atoms with Crippen LogP contribution in [0.5, 0.6) is 0 Å². The molecule has 0 aromatic rings. The zero-order valence-corrected chi connectivity index (χ0v) is 8.19. The number of hydrogen-bond donors (Lipinski definition) is 1. The monoisotopic (exact) mass is 187 g/mol. The molecule has 0 bridgehead atoms. The molecule has 0 saturated carbocycles. The number of Topliss-reactive ketones (excluding diaryl/α,β-unsaturated/α-hetero) is 1. The number of ether oxygens (including phenoxy) is 1. The molecule has 2 atom stereocenters. The number of carbonyl (C=O) groups excluding carboxylic acids is 1. The lowest BCUT2D eigenvalue weighted by atomic mass is 10.1. The van der Waals surface area contributed by atoms with Crippen LogP contribution in [-0.2, 0) is 9.53 Å². The second kappa shape index (κ2) is 4.69. The molecule has 4 heteroatoms. The van der Waals surface area contributed by atoms with E-state index in [9.17, 15) is 4.79 Å². The third-order valence-corrected chi connectivity index (χ3v) is 2.51. The Bertz CT molecular complexity index is 184. The van der Waals surface area contributed by atoms with Crippen LogP contribution in [-0.4, -0.2) is 54.2 Å². The normalized spacial score (nSPS) is 27.2. The van der Waals surface area contributed by atoms with E-state index in [4.69, 9.17) is 9.84 Å². The molecule has 0 spiro atoms. The highest BCUT2D eigenvalue weighted by atomic mass is 16.5. The van der Waals surface area contributed by atoms with E-state index >= 15 is 0 Å². The Morgan fingerprint density at radius 1 is 1.77 bits per heavy atom. The van der Waals surface area contributed by atoms with Crippen LogP contribution < -0.4 is 0 Å². The summed E-state index contributed by atoms with van der Waals surface area (Å²) in [4.78, 5) is 13.1. The maximum atomic E-state index is 11.1. The van der Waals surface area contributed by atoms with Crippen LogP contribution >= 0.6 is 0 Å². The Kier molecular flexibility index (Phi) is 3.84. The van der Waals surface area contributed by atoms with Crippen molar-refractivity contribution in [1.29, 1.82) is 0 Å². The average Bonchev–Trinajstić information content (AvgIpc) is 2.16. The van der Waals surface area contributed by atoms with E-state index in [0.717, 1.165) is 6.54 Å². The van der Waals surface area contributed by atoms with Gasteiger partial charge in [0.1, 0.15) is 5.78 Å². The molecule has 1 saturated heterocycles. The van der Waals surface area contributed by atoms with Gasteiger partial charge in [0, 0.05) is 13.1 Å². The molecular formula is C9H17NO3. The van der Waals surface area contributed by atoms with Crippen LogP contribution in [0.1, 0.15) is 13.8 Å². The maximum Gasteiger partial charge on any atom is 0.146 e. The smallest absolute Gasteiger partial charge is 0.146 e. The van der Waals surface area contributed by atoms with Crippen LogP contribution in [0.25, 0.3) is 0 Å². The van der Waals surface area contributed by atoms with E-state index in [1.807, 2.05) is 11.8 Å². The molecule has 1 rings (SSSR count). The first-order chi connectivity index (χ1) is 6.15. The molecule has 0 aromatic carbocycles. The number of nitrogens with zero attached hydrogens (tertiary/aromatic N) is 1. The molecule has 76 valence electrons. The van der Waals surface area contributed by atoms with Crippen LogP contribution in [0.2, 0.25) is 0 Å². The standard InChI is InChI=1S/C9H17NO3/c1-7(8(2)12)10-3-4-13-9(5-10)6-11/h7,9,11H,3-6H2,1-2H3. The molecule has 1 aliphatic heterocycles. The van der Waals surface area contributed by atoms with Crippen molar-refractivity contribution >= 4 is 5.78 Å². The summed E-state index contributed by atoms with van der Waals surface area (Å²) >= 11 is 0. The van der Waals surface area contributed by atoms with Crippen molar-refractivity contribution in [1.82, 2.24) is 4.90 Å². The van der Waals surface area contributed by atoms with Gasteiger partial charge in [-0.25, -0.2) is 0 Å². The Morgan fingerprint density at radius 2 is 2.46 bits per heavy atom. The minimum absolute atomic E-state index is 0.0289. The van der Waals surface area contributed by atoms with Gasteiger partial charge in [-0.1, -0.05) is 0 Å². The number of hydrogen-bond acceptors (Lipinski definition) is 4. The van der Waals surface area contributed by atoms with E-state index in [2.05, 4.69) is 0 Å². The molecule has 1 fully saturated rings. The molecule has 1 N–H and O–H groups in total. The first kappa shape index (κ1) is 10.6. The Morgan fingerprint density at radius 3 is 3.00 bits per heavy atom. The first-order valence-corrected chi connectivity index (χ1v) is 4.62. The van der Waals surface area contributed by atoms with Crippen molar-refractivity contribution in [2.45, 2.75) is 26.0 Å². The molecule has 1 aliphatic rings.